The summed E-state index contributed by atoms with van der Waals surface area (Å²) in [4.78, 5) is 25.9. The molecule has 1 saturated heterocycles. The maximum Gasteiger partial charge on any atom is 0.320 e. The van der Waals surface area contributed by atoms with Crippen molar-refractivity contribution in [2.45, 2.75) is 20.8 Å². The lowest BCUT2D eigenvalue weighted by molar-refractivity contribution is -0.146. The maximum atomic E-state index is 11.9. The minimum absolute atomic E-state index is 0.0336. The Morgan fingerprint density at radius 3 is 2.38 bits per heavy atom. The summed E-state index contributed by atoms with van der Waals surface area (Å²) < 4.78 is 0. The first-order valence-electron chi connectivity index (χ1n) is 5.72. The zero-order valence-corrected chi connectivity index (χ0v) is 10.1. The Balaban J connectivity index is 2.43. The summed E-state index contributed by atoms with van der Waals surface area (Å²) in [6.07, 6.45) is 0. The number of nitrogens with zero attached hydrogens (tertiary/aromatic N) is 2. The molecule has 1 fully saturated rings. The van der Waals surface area contributed by atoms with Crippen LogP contribution in [0.25, 0.3) is 0 Å². The van der Waals surface area contributed by atoms with E-state index in [9.17, 15) is 9.59 Å². The third-order valence-corrected chi connectivity index (χ3v) is 2.74. The van der Waals surface area contributed by atoms with E-state index in [2.05, 4.69) is 13.8 Å². The topological polar surface area (TPSA) is 60.9 Å². The Kier molecular flexibility index (Phi) is 4.15. The second-order valence-electron chi connectivity index (χ2n) is 4.66. The molecule has 5 heteroatoms. The summed E-state index contributed by atoms with van der Waals surface area (Å²) in [7, 11) is 0. The number of carbonyl (C=O) groups is 2. The highest BCUT2D eigenvalue weighted by Crippen LogP contribution is 2.18. The standard InChI is InChI=1S/C11H20N2O3/c1-4-12(5-8(2)3)11(16)13-6-9(7-13)10(14)15/h8-9H,4-7H2,1-3H3,(H,14,15). The van der Waals surface area contributed by atoms with E-state index in [0.717, 1.165) is 6.54 Å². The van der Waals surface area contributed by atoms with E-state index in [1.165, 1.54) is 0 Å². The minimum atomic E-state index is -0.809. The molecule has 1 aliphatic heterocycles. The zero-order valence-electron chi connectivity index (χ0n) is 10.1. The van der Waals surface area contributed by atoms with Crippen LogP contribution in [0.15, 0.2) is 0 Å². The predicted molar refractivity (Wildman–Crippen MR) is 60.2 cm³/mol. The van der Waals surface area contributed by atoms with Gasteiger partial charge in [-0.1, -0.05) is 13.8 Å². The van der Waals surface area contributed by atoms with E-state index < -0.39 is 5.97 Å². The van der Waals surface area contributed by atoms with Crippen LogP contribution in [0.5, 0.6) is 0 Å². The number of hydrogen-bond acceptors (Lipinski definition) is 2. The number of amides is 2. The fourth-order valence-electron chi connectivity index (χ4n) is 1.77. The number of carboxylic acids is 1. The highest BCUT2D eigenvalue weighted by Gasteiger charge is 2.37. The molecule has 5 nitrogen and oxygen atoms in total. The molecule has 0 saturated carbocycles. The van der Waals surface area contributed by atoms with E-state index in [1.54, 1.807) is 9.80 Å². The van der Waals surface area contributed by atoms with Crippen molar-refractivity contribution in [3.63, 3.8) is 0 Å². The van der Waals surface area contributed by atoms with Gasteiger partial charge >= 0.3 is 12.0 Å². The second-order valence-corrected chi connectivity index (χ2v) is 4.66. The van der Waals surface area contributed by atoms with Crippen LogP contribution in [0.2, 0.25) is 0 Å². The minimum Gasteiger partial charge on any atom is -0.481 e. The first-order chi connectivity index (χ1) is 7.45. The molecule has 0 aromatic heterocycles. The molecular formula is C11H20N2O3. The zero-order chi connectivity index (χ0) is 12.3. The van der Waals surface area contributed by atoms with Gasteiger partial charge in [0.25, 0.3) is 0 Å². The van der Waals surface area contributed by atoms with Crippen molar-refractivity contribution in [3.8, 4) is 0 Å². The van der Waals surface area contributed by atoms with Crippen molar-refractivity contribution < 1.29 is 14.7 Å². The van der Waals surface area contributed by atoms with Crippen molar-refractivity contribution >= 4 is 12.0 Å². The average Bonchev–Trinajstić information content (AvgIpc) is 2.10. The molecule has 1 heterocycles. The molecule has 0 aromatic carbocycles. The summed E-state index contributed by atoms with van der Waals surface area (Å²) >= 11 is 0. The average molecular weight is 228 g/mol. The third-order valence-electron chi connectivity index (χ3n) is 2.74. The van der Waals surface area contributed by atoms with Gasteiger partial charge in [-0.15, -0.1) is 0 Å². The van der Waals surface area contributed by atoms with E-state index in [-0.39, 0.29) is 11.9 Å². The Morgan fingerprint density at radius 1 is 1.44 bits per heavy atom. The number of carboxylic acid groups (broad SMARTS) is 1. The monoisotopic (exact) mass is 228 g/mol. The molecule has 16 heavy (non-hydrogen) atoms. The largest absolute Gasteiger partial charge is 0.481 e. The van der Waals surface area contributed by atoms with Crippen molar-refractivity contribution in [1.29, 1.82) is 0 Å². The number of likely N-dealkylation sites (tertiary alicyclic amines) is 1. The van der Waals surface area contributed by atoms with Crippen molar-refractivity contribution in [3.05, 3.63) is 0 Å². The van der Waals surface area contributed by atoms with Crippen LogP contribution in [-0.4, -0.2) is 53.1 Å². The highest BCUT2D eigenvalue weighted by atomic mass is 16.4. The molecule has 0 unspecified atom stereocenters. The summed E-state index contributed by atoms with van der Waals surface area (Å²) in [6, 6.07) is -0.0336. The molecule has 0 atom stereocenters. The Hall–Kier alpha value is -1.26. The van der Waals surface area contributed by atoms with Crippen LogP contribution in [-0.2, 0) is 4.79 Å². The summed E-state index contributed by atoms with van der Waals surface area (Å²) in [5.74, 6) is -0.752. The molecule has 0 bridgehead atoms. The molecule has 0 radical (unpaired) electrons. The van der Waals surface area contributed by atoms with Crippen molar-refractivity contribution in [1.82, 2.24) is 9.80 Å². The van der Waals surface area contributed by atoms with E-state index in [4.69, 9.17) is 5.11 Å². The summed E-state index contributed by atoms with van der Waals surface area (Å²) in [5.41, 5.74) is 0. The molecule has 92 valence electrons. The van der Waals surface area contributed by atoms with Gasteiger partial charge in [-0.3, -0.25) is 4.79 Å². The SMILES string of the molecule is CCN(CC(C)C)C(=O)N1CC(C(=O)O)C1. The van der Waals surface area contributed by atoms with Gasteiger partial charge in [0.05, 0.1) is 5.92 Å². The smallest absolute Gasteiger partial charge is 0.320 e. The Labute approximate surface area is 96.0 Å². The van der Waals surface area contributed by atoms with Crippen molar-refractivity contribution in [2.75, 3.05) is 26.2 Å². The van der Waals surface area contributed by atoms with E-state index in [0.29, 0.717) is 25.6 Å². The highest BCUT2D eigenvalue weighted by molar-refractivity contribution is 5.79. The lowest BCUT2D eigenvalue weighted by Crippen LogP contribution is -2.57. The van der Waals surface area contributed by atoms with Crippen LogP contribution in [0, 0.1) is 11.8 Å². The number of aliphatic carboxylic acids is 1. The normalized spacial score (nSPS) is 16.1. The molecule has 1 N–H and O–H groups in total. The van der Waals surface area contributed by atoms with Crippen LogP contribution < -0.4 is 0 Å². The molecule has 1 aliphatic rings. The van der Waals surface area contributed by atoms with Crippen LogP contribution in [0.1, 0.15) is 20.8 Å². The second kappa shape index (κ2) is 5.18. The molecule has 2 amide bonds. The first-order valence-corrected chi connectivity index (χ1v) is 5.72. The number of urea groups is 1. The third kappa shape index (κ3) is 2.87. The van der Waals surface area contributed by atoms with Gasteiger partial charge < -0.3 is 14.9 Å². The number of hydrogen-bond donors (Lipinski definition) is 1. The molecule has 0 aliphatic carbocycles. The van der Waals surface area contributed by atoms with Gasteiger partial charge in [-0.25, -0.2) is 4.79 Å². The maximum absolute atomic E-state index is 11.9. The molecule has 1 rings (SSSR count). The van der Waals surface area contributed by atoms with Gasteiger partial charge in [0.2, 0.25) is 0 Å². The Morgan fingerprint density at radius 2 is 2.00 bits per heavy atom. The number of rotatable bonds is 4. The predicted octanol–water partition coefficient (Wildman–Crippen LogP) is 1.10. The quantitative estimate of drug-likeness (QED) is 0.783. The number of carbonyl (C=O) groups excluding carboxylic acids is 1. The van der Waals surface area contributed by atoms with E-state index in [1.807, 2.05) is 6.92 Å². The summed E-state index contributed by atoms with van der Waals surface area (Å²) in [6.45, 7) is 8.16. The van der Waals surface area contributed by atoms with Gasteiger partial charge in [0.1, 0.15) is 0 Å². The van der Waals surface area contributed by atoms with Crippen LogP contribution in [0.3, 0.4) is 0 Å². The van der Waals surface area contributed by atoms with Crippen LogP contribution in [0.4, 0.5) is 4.79 Å². The fourth-order valence-corrected chi connectivity index (χ4v) is 1.77. The van der Waals surface area contributed by atoms with Crippen molar-refractivity contribution in [2.24, 2.45) is 11.8 Å². The lowest BCUT2D eigenvalue weighted by Gasteiger charge is -2.40. The van der Waals surface area contributed by atoms with Gasteiger partial charge in [-0.05, 0) is 12.8 Å². The molecule has 0 aromatic rings. The van der Waals surface area contributed by atoms with Crippen LogP contribution >= 0.6 is 0 Å². The Bertz CT molecular complexity index is 272. The first kappa shape index (κ1) is 12.8. The fraction of sp³-hybridized carbons (Fsp3) is 0.818. The van der Waals surface area contributed by atoms with Gasteiger partial charge in [0, 0.05) is 26.2 Å². The summed E-state index contributed by atoms with van der Waals surface area (Å²) in [5, 5.41) is 8.72. The van der Waals surface area contributed by atoms with Gasteiger partial charge in [-0.2, -0.15) is 0 Å². The molecular weight excluding hydrogens is 208 g/mol. The molecule has 0 spiro atoms. The van der Waals surface area contributed by atoms with Gasteiger partial charge in [0.15, 0.2) is 0 Å². The van der Waals surface area contributed by atoms with E-state index >= 15 is 0 Å². The lowest BCUT2D eigenvalue weighted by atomic mass is 10.0.